The SMILES string of the molecule is O=S(=O)(c1ccccc1)c1ccccc1.[Li]. The van der Waals surface area contributed by atoms with Gasteiger partial charge in [0.1, 0.15) is 0 Å². The smallest absolute Gasteiger partial charge is 0.206 e. The fourth-order valence-corrected chi connectivity index (χ4v) is 2.64. The first-order valence-electron chi connectivity index (χ1n) is 4.56. The summed E-state index contributed by atoms with van der Waals surface area (Å²) in [5, 5.41) is 0. The van der Waals surface area contributed by atoms with Crippen molar-refractivity contribution in [3.05, 3.63) is 60.7 Å². The largest absolute Gasteiger partial charge is 0.219 e. The van der Waals surface area contributed by atoms with Gasteiger partial charge < -0.3 is 0 Å². The molecule has 0 fully saturated rings. The monoisotopic (exact) mass is 225 g/mol. The van der Waals surface area contributed by atoms with E-state index >= 15 is 0 Å². The Balaban J connectivity index is 0.00000128. The summed E-state index contributed by atoms with van der Waals surface area (Å²) in [6, 6.07) is 16.9. The normalized spacial score (nSPS) is 10.5. The van der Waals surface area contributed by atoms with E-state index in [4.69, 9.17) is 0 Å². The molecule has 0 amide bonds. The molecular formula is C12H10LiO2S. The average Bonchev–Trinajstić information content (AvgIpc) is 2.31. The first kappa shape index (κ1) is 13.1. The van der Waals surface area contributed by atoms with Crippen LogP contribution in [0.1, 0.15) is 0 Å². The quantitative estimate of drug-likeness (QED) is 0.734. The minimum atomic E-state index is -3.34. The van der Waals surface area contributed by atoms with Gasteiger partial charge in [-0.15, -0.1) is 0 Å². The van der Waals surface area contributed by atoms with Crippen LogP contribution in [-0.2, 0) is 9.84 Å². The van der Waals surface area contributed by atoms with Gasteiger partial charge in [0.25, 0.3) is 0 Å². The van der Waals surface area contributed by atoms with E-state index in [0.717, 1.165) is 0 Å². The average molecular weight is 225 g/mol. The van der Waals surface area contributed by atoms with Crippen molar-refractivity contribution in [3.8, 4) is 0 Å². The summed E-state index contributed by atoms with van der Waals surface area (Å²) in [6.45, 7) is 0. The van der Waals surface area contributed by atoms with Gasteiger partial charge in [-0.1, -0.05) is 36.4 Å². The summed E-state index contributed by atoms with van der Waals surface area (Å²) >= 11 is 0. The third kappa shape index (κ3) is 2.56. The summed E-state index contributed by atoms with van der Waals surface area (Å²) < 4.78 is 24.1. The van der Waals surface area contributed by atoms with Crippen LogP contribution in [0.25, 0.3) is 0 Å². The second-order valence-electron chi connectivity index (χ2n) is 3.13. The van der Waals surface area contributed by atoms with E-state index in [9.17, 15) is 8.42 Å². The molecule has 2 aromatic carbocycles. The Kier molecular flexibility index (Phi) is 4.37. The van der Waals surface area contributed by atoms with Crippen molar-refractivity contribution in [3.63, 3.8) is 0 Å². The number of rotatable bonds is 2. The molecule has 2 rings (SSSR count). The molecule has 77 valence electrons. The summed E-state index contributed by atoms with van der Waals surface area (Å²) in [7, 11) is -3.34. The van der Waals surface area contributed by atoms with Crippen molar-refractivity contribution < 1.29 is 8.42 Å². The van der Waals surface area contributed by atoms with E-state index in [1.807, 2.05) is 0 Å². The molecule has 0 unspecified atom stereocenters. The molecule has 0 aliphatic rings. The third-order valence-electron chi connectivity index (χ3n) is 2.11. The van der Waals surface area contributed by atoms with Gasteiger partial charge in [0, 0.05) is 18.9 Å². The predicted octanol–water partition coefficient (Wildman–Crippen LogP) is 2.14. The maximum absolute atomic E-state index is 12.0. The zero-order valence-corrected chi connectivity index (χ0v) is 9.81. The molecule has 2 aromatic rings. The van der Waals surface area contributed by atoms with Crippen molar-refractivity contribution in [2.24, 2.45) is 0 Å². The Morgan fingerprint density at radius 3 is 1.25 bits per heavy atom. The molecule has 1 radical (unpaired) electrons. The van der Waals surface area contributed by atoms with Crippen molar-refractivity contribution in [2.45, 2.75) is 9.79 Å². The molecule has 0 atom stereocenters. The van der Waals surface area contributed by atoms with Crippen molar-refractivity contribution in [1.82, 2.24) is 0 Å². The standard InChI is InChI=1S/C12H10O2S.Li/c13-15(14,11-7-3-1-4-8-11)12-9-5-2-6-10-12;/h1-10H;. The minimum Gasteiger partial charge on any atom is -0.219 e. The van der Waals surface area contributed by atoms with Gasteiger partial charge in [-0.3, -0.25) is 0 Å². The van der Waals surface area contributed by atoms with E-state index in [0.29, 0.717) is 9.79 Å². The molecule has 0 saturated heterocycles. The summed E-state index contributed by atoms with van der Waals surface area (Å²) in [5.41, 5.74) is 0. The molecule has 0 aromatic heterocycles. The van der Waals surface area contributed by atoms with E-state index in [-0.39, 0.29) is 18.9 Å². The van der Waals surface area contributed by atoms with Crippen LogP contribution in [0, 0.1) is 0 Å². The van der Waals surface area contributed by atoms with Crippen LogP contribution in [-0.4, -0.2) is 27.3 Å². The van der Waals surface area contributed by atoms with Crippen LogP contribution in [0.3, 0.4) is 0 Å². The second-order valence-corrected chi connectivity index (χ2v) is 5.08. The number of sulfone groups is 1. The fraction of sp³-hybridized carbons (Fsp3) is 0. The zero-order chi connectivity index (χ0) is 10.7. The van der Waals surface area contributed by atoms with Crippen molar-refractivity contribution in [2.75, 3.05) is 0 Å². The van der Waals surface area contributed by atoms with Gasteiger partial charge in [-0.05, 0) is 24.3 Å². The summed E-state index contributed by atoms with van der Waals surface area (Å²) in [6.07, 6.45) is 0. The molecule has 4 heteroatoms. The topological polar surface area (TPSA) is 34.1 Å². The fourth-order valence-electron chi connectivity index (χ4n) is 1.34. The maximum Gasteiger partial charge on any atom is 0.206 e. The summed E-state index contributed by atoms with van der Waals surface area (Å²) in [4.78, 5) is 0.660. The van der Waals surface area contributed by atoms with Crippen molar-refractivity contribution >= 4 is 28.7 Å². The molecule has 0 bridgehead atoms. The molecule has 0 aliphatic carbocycles. The van der Waals surface area contributed by atoms with Gasteiger partial charge in [0.15, 0.2) is 0 Å². The molecule has 0 saturated carbocycles. The van der Waals surface area contributed by atoms with E-state index in [1.54, 1.807) is 60.7 Å². The third-order valence-corrected chi connectivity index (χ3v) is 3.89. The van der Waals surface area contributed by atoms with Crippen LogP contribution in [0.4, 0.5) is 0 Å². The Morgan fingerprint density at radius 2 is 0.938 bits per heavy atom. The predicted molar refractivity (Wildman–Crippen MR) is 64.1 cm³/mol. The molecule has 2 nitrogen and oxygen atoms in total. The Morgan fingerprint density at radius 1 is 0.625 bits per heavy atom. The van der Waals surface area contributed by atoms with Crippen LogP contribution >= 0.6 is 0 Å². The molecule has 0 aliphatic heterocycles. The van der Waals surface area contributed by atoms with Crippen LogP contribution in [0.5, 0.6) is 0 Å². The van der Waals surface area contributed by atoms with E-state index in [2.05, 4.69) is 0 Å². The van der Waals surface area contributed by atoms with Gasteiger partial charge in [-0.2, -0.15) is 0 Å². The first-order valence-corrected chi connectivity index (χ1v) is 6.05. The Bertz CT molecular complexity index is 490. The Hall–Kier alpha value is -1.01. The Labute approximate surface area is 107 Å². The zero-order valence-electron chi connectivity index (χ0n) is 9.00. The van der Waals surface area contributed by atoms with E-state index in [1.165, 1.54) is 0 Å². The van der Waals surface area contributed by atoms with Gasteiger partial charge >= 0.3 is 0 Å². The molecule has 16 heavy (non-hydrogen) atoms. The molecular weight excluding hydrogens is 215 g/mol. The van der Waals surface area contributed by atoms with Gasteiger partial charge in [0.2, 0.25) is 9.84 Å². The number of hydrogen-bond donors (Lipinski definition) is 0. The van der Waals surface area contributed by atoms with Gasteiger partial charge in [-0.25, -0.2) is 8.42 Å². The summed E-state index contributed by atoms with van der Waals surface area (Å²) in [5.74, 6) is 0. The minimum absolute atomic E-state index is 0. The van der Waals surface area contributed by atoms with Crippen molar-refractivity contribution in [1.29, 1.82) is 0 Å². The van der Waals surface area contributed by atoms with Crippen LogP contribution in [0.2, 0.25) is 0 Å². The second kappa shape index (κ2) is 5.36. The van der Waals surface area contributed by atoms with E-state index < -0.39 is 9.84 Å². The van der Waals surface area contributed by atoms with Crippen LogP contribution in [0.15, 0.2) is 70.5 Å². The molecule has 0 N–H and O–H groups in total. The maximum atomic E-state index is 12.0. The number of hydrogen-bond acceptors (Lipinski definition) is 2. The molecule has 0 heterocycles. The first-order chi connectivity index (χ1) is 7.21. The van der Waals surface area contributed by atoms with Gasteiger partial charge in [0.05, 0.1) is 9.79 Å². The van der Waals surface area contributed by atoms with Crippen LogP contribution < -0.4 is 0 Å². The molecule has 0 spiro atoms. The number of benzene rings is 2.